The molecule has 0 aliphatic carbocycles. The zero-order chi connectivity index (χ0) is 24.2. The molecule has 1 atom stereocenters. The Hall–Kier alpha value is -3.72. The molecule has 0 spiro atoms. The number of carbonyl (C=O) groups is 2. The molecule has 0 saturated carbocycles. The average molecular weight is 471 g/mol. The summed E-state index contributed by atoms with van der Waals surface area (Å²) in [5, 5.41) is 2.66. The van der Waals surface area contributed by atoms with Gasteiger partial charge in [-0.25, -0.2) is 17.6 Å². The number of amides is 1. The predicted octanol–water partition coefficient (Wildman–Crippen LogP) is 4.43. The summed E-state index contributed by atoms with van der Waals surface area (Å²) < 4.78 is 46.0. The minimum atomic E-state index is -4.00. The van der Waals surface area contributed by atoms with Crippen molar-refractivity contribution in [3.63, 3.8) is 0 Å². The number of benzene rings is 3. The van der Waals surface area contributed by atoms with Gasteiger partial charge in [0.25, 0.3) is 15.9 Å². The number of rotatable bonds is 7. The predicted molar refractivity (Wildman–Crippen MR) is 123 cm³/mol. The zero-order valence-electron chi connectivity index (χ0n) is 18.3. The van der Waals surface area contributed by atoms with Crippen molar-refractivity contribution in [2.75, 3.05) is 10.0 Å². The molecule has 3 rings (SSSR count). The lowest BCUT2D eigenvalue weighted by atomic mass is 10.1. The summed E-state index contributed by atoms with van der Waals surface area (Å²) in [5.41, 5.74) is 2.39. The molecule has 2 N–H and O–H groups in total. The van der Waals surface area contributed by atoms with Crippen molar-refractivity contribution in [3.05, 3.63) is 89.2 Å². The third-order valence-electron chi connectivity index (χ3n) is 4.81. The minimum Gasteiger partial charge on any atom is -0.449 e. The van der Waals surface area contributed by atoms with Crippen molar-refractivity contribution in [2.24, 2.45) is 0 Å². The van der Waals surface area contributed by atoms with E-state index in [2.05, 4.69) is 10.0 Å². The first-order chi connectivity index (χ1) is 15.5. The van der Waals surface area contributed by atoms with E-state index in [1.165, 1.54) is 19.1 Å². The molecule has 0 aliphatic rings. The lowest BCUT2D eigenvalue weighted by Gasteiger charge is -2.15. The lowest BCUT2D eigenvalue weighted by Crippen LogP contribution is -2.30. The molecule has 3 aromatic rings. The second kappa shape index (κ2) is 9.83. The number of halogens is 1. The molecular weight excluding hydrogens is 447 g/mol. The molecule has 0 aliphatic heterocycles. The number of sulfonamides is 1. The van der Waals surface area contributed by atoms with E-state index >= 15 is 0 Å². The van der Waals surface area contributed by atoms with Crippen molar-refractivity contribution in [2.45, 2.75) is 31.8 Å². The van der Waals surface area contributed by atoms with Gasteiger partial charge in [-0.2, -0.15) is 0 Å². The van der Waals surface area contributed by atoms with E-state index in [0.717, 1.165) is 29.8 Å². The molecule has 0 fully saturated rings. The van der Waals surface area contributed by atoms with Gasteiger partial charge in [-0.1, -0.05) is 23.8 Å². The normalized spacial score (nSPS) is 12.0. The summed E-state index contributed by atoms with van der Waals surface area (Å²) in [5.74, 6) is -1.85. The van der Waals surface area contributed by atoms with Crippen LogP contribution in [0.15, 0.2) is 71.6 Å². The zero-order valence-corrected chi connectivity index (χ0v) is 19.1. The maximum atomic E-state index is 13.1. The molecule has 7 nitrogen and oxygen atoms in total. The van der Waals surface area contributed by atoms with Crippen molar-refractivity contribution in [1.29, 1.82) is 0 Å². The monoisotopic (exact) mass is 470 g/mol. The summed E-state index contributed by atoms with van der Waals surface area (Å²) in [6.07, 6.45) is -1.08. The number of aryl methyl sites for hydroxylation is 2. The van der Waals surface area contributed by atoms with Crippen LogP contribution in [0.1, 0.15) is 28.4 Å². The van der Waals surface area contributed by atoms with E-state index in [9.17, 15) is 22.4 Å². The van der Waals surface area contributed by atoms with Crippen LogP contribution < -0.4 is 10.0 Å². The van der Waals surface area contributed by atoms with Gasteiger partial charge in [0, 0.05) is 5.69 Å². The number of hydrogen-bond acceptors (Lipinski definition) is 5. The van der Waals surface area contributed by atoms with Crippen LogP contribution in [0.3, 0.4) is 0 Å². The molecule has 0 saturated heterocycles. The highest BCUT2D eigenvalue weighted by Gasteiger charge is 2.21. The maximum Gasteiger partial charge on any atom is 0.338 e. The fraction of sp³-hybridized carbons (Fsp3) is 0.167. The Bertz CT molecular complexity index is 1270. The second-order valence-corrected chi connectivity index (χ2v) is 9.17. The SMILES string of the molecule is Cc1ccc(NC(=O)[C@@H](C)OC(=O)c2ccc(C)c(NS(=O)(=O)c3ccc(F)cc3)c2)cc1. The van der Waals surface area contributed by atoms with Gasteiger partial charge in [0.15, 0.2) is 6.10 Å². The van der Waals surface area contributed by atoms with Gasteiger partial charge in [0.2, 0.25) is 0 Å². The van der Waals surface area contributed by atoms with Gasteiger partial charge in [-0.15, -0.1) is 0 Å². The van der Waals surface area contributed by atoms with Gasteiger partial charge in [0.05, 0.1) is 16.1 Å². The average Bonchev–Trinajstić information content (AvgIpc) is 2.76. The van der Waals surface area contributed by atoms with E-state index in [0.29, 0.717) is 11.3 Å². The highest BCUT2D eigenvalue weighted by molar-refractivity contribution is 7.92. The van der Waals surface area contributed by atoms with Gasteiger partial charge in [-0.05, 0) is 74.9 Å². The molecule has 0 radical (unpaired) electrons. The topological polar surface area (TPSA) is 102 Å². The van der Waals surface area contributed by atoms with Gasteiger partial charge in [-0.3, -0.25) is 9.52 Å². The summed E-state index contributed by atoms with van der Waals surface area (Å²) in [7, 11) is -4.00. The number of hydrogen-bond donors (Lipinski definition) is 2. The Morgan fingerprint density at radius 3 is 2.21 bits per heavy atom. The van der Waals surface area contributed by atoms with Crippen LogP contribution in [0.4, 0.5) is 15.8 Å². The molecule has 9 heteroatoms. The summed E-state index contributed by atoms with van der Waals surface area (Å²) >= 11 is 0. The van der Waals surface area contributed by atoms with E-state index in [4.69, 9.17) is 4.74 Å². The Kier molecular flexibility index (Phi) is 7.13. The Labute approximate surface area is 191 Å². The first kappa shape index (κ1) is 23.9. The van der Waals surface area contributed by atoms with Crippen LogP contribution >= 0.6 is 0 Å². The minimum absolute atomic E-state index is 0.0624. The molecular formula is C24H23FN2O5S. The highest BCUT2D eigenvalue weighted by atomic mass is 32.2. The van der Waals surface area contributed by atoms with Crippen molar-refractivity contribution in [3.8, 4) is 0 Å². The smallest absolute Gasteiger partial charge is 0.338 e. The fourth-order valence-electron chi connectivity index (χ4n) is 2.84. The number of esters is 1. The summed E-state index contributed by atoms with van der Waals surface area (Å²) in [4.78, 5) is 24.8. The largest absolute Gasteiger partial charge is 0.449 e. The quantitative estimate of drug-likeness (QED) is 0.498. The van der Waals surface area contributed by atoms with E-state index in [-0.39, 0.29) is 16.1 Å². The van der Waals surface area contributed by atoms with Crippen LogP contribution in [-0.4, -0.2) is 26.4 Å². The maximum absolute atomic E-state index is 13.1. The van der Waals surface area contributed by atoms with E-state index in [1.54, 1.807) is 25.1 Å². The Morgan fingerprint density at radius 1 is 0.939 bits per heavy atom. The molecule has 0 unspecified atom stereocenters. The summed E-state index contributed by atoms with van der Waals surface area (Å²) in [6.45, 7) is 5.02. The number of carbonyl (C=O) groups excluding carboxylic acids is 2. The van der Waals surface area contributed by atoms with E-state index in [1.807, 2.05) is 19.1 Å². The Morgan fingerprint density at radius 2 is 1.58 bits per heavy atom. The van der Waals surface area contributed by atoms with Crippen molar-refractivity contribution >= 4 is 33.3 Å². The highest BCUT2D eigenvalue weighted by Crippen LogP contribution is 2.22. The van der Waals surface area contributed by atoms with Gasteiger partial charge in [0.1, 0.15) is 5.82 Å². The van der Waals surface area contributed by atoms with Crippen LogP contribution in [0.25, 0.3) is 0 Å². The third-order valence-corrected chi connectivity index (χ3v) is 6.20. The van der Waals surface area contributed by atoms with Crippen LogP contribution in [0.2, 0.25) is 0 Å². The number of nitrogens with one attached hydrogen (secondary N) is 2. The molecule has 0 aromatic heterocycles. The molecule has 3 aromatic carbocycles. The second-order valence-electron chi connectivity index (χ2n) is 7.49. The molecule has 1 amide bonds. The van der Waals surface area contributed by atoms with Crippen LogP contribution in [0.5, 0.6) is 0 Å². The Balaban J connectivity index is 1.71. The van der Waals surface area contributed by atoms with Gasteiger partial charge >= 0.3 is 5.97 Å². The van der Waals surface area contributed by atoms with Crippen LogP contribution in [0, 0.1) is 19.7 Å². The van der Waals surface area contributed by atoms with Gasteiger partial charge < -0.3 is 10.1 Å². The lowest BCUT2D eigenvalue weighted by molar-refractivity contribution is -0.123. The van der Waals surface area contributed by atoms with Crippen LogP contribution in [-0.2, 0) is 19.6 Å². The molecule has 0 heterocycles. The molecule has 33 heavy (non-hydrogen) atoms. The van der Waals surface area contributed by atoms with Crippen molar-refractivity contribution < 1.29 is 27.1 Å². The standard InChI is InChI=1S/C24H23FN2O5S/c1-15-4-10-20(11-5-15)26-23(28)17(3)32-24(29)18-7-6-16(2)22(14-18)27-33(30,31)21-12-8-19(25)9-13-21/h4-14,17,27H,1-3H3,(H,26,28)/t17-/m1/s1. The van der Waals surface area contributed by atoms with E-state index < -0.39 is 33.8 Å². The fourth-order valence-corrected chi connectivity index (χ4v) is 3.96. The number of ether oxygens (including phenoxy) is 1. The third kappa shape index (κ3) is 6.17. The first-order valence-electron chi connectivity index (χ1n) is 10.0. The van der Waals surface area contributed by atoms with Crippen molar-refractivity contribution in [1.82, 2.24) is 0 Å². The number of anilines is 2. The first-order valence-corrected chi connectivity index (χ1v) is 11.5. The molecule has 0 bridgehead atoms. The summed E-state index contributed by atoms with van der Waals surface area (Å²) in [6, 6.07) is 15.9. The molecule has 172 valence electrons.